The molecular formula is C14H9ClF3N3O. The highest BCUT2D eigenvalue weighted by Crippen LogP contribution is 2.29. The number of halogens is 4. The Morgan fingerprint density at radius 2 is 1.86 bits per heavy atom. The van der Waals surface area contributed by atoms with Crippen LogP contribution in [0.2, 0.25) is 5.02 Å². The number of rotatable bonds is 1. The van der Waals surface area contributed by atoms with Crippen LogP contribution in [0.1, 0.15) is 11.3 Å². The number of aromatic amines is 1. The van der Waals surface area contributed by atoms with Gasteiger partial charge in [0.25, 0.3) is 5.56 Å². The van der Waals surface area contributed by atoms with Gasteiger partial charge in [0.1, 0.15) is 0 Å². The minimum Gasteiger partial charge on any atom is -0.289 e. The van der Waals surface area contributed by atoms with E-state index in [1.165, 1.54) is 0 Å². The molecule has 8 heteroatoms. The third kappa shape index (κ3) is 2.37. The molecule has 4 nitrogen and oxygen atoms in total. The lowest BCUT2D eigenvalue weighted by Crippen LogP contribution is -2.20. The average molecular weight is 328 g/mol. The van der Waals surface area contributed by atoms with Crippen molar-refractivity contribution in [3.05, 3.63) is 57.0 Å². The Labute approximate surface area is 127 Å². The molecule has 0 radical (unpaired) electrons. The van der Waals surface area contributed by atoms with Gasteiger partial charge >= 0.3 is 6.18 Å². The lowest BCUT2D eigenvalue weighted by molar-refractivity contribution is -0.141. The molecule has 0 amide bonds. The number of nitrogens with one attached hydrogen (secondary N) is 1. The van der Waals surface area contributed by atoms with E-state index in [1.807, 2.05) is 0 Å². The van der Waals surface area contributed by atoms with E-state index in [0.717, 1.165) is 4.52 Å². The van der Waals surface area contributed by atoms with Crippen molar-refractivity contribution in [1.29, 1.82) is 0 Å². The fraction of sp³-hybridized carbons (Fsp3) is 0.143. The minimum atomic E-state index is -4.67. The molecule has 0 bridgehead atoms. The normalized spacial score (nSPS) is 12.0. The molecule has 2 aromatic heterocycles. The molecule has 0 aliphatic carbocycles. The summed E-state index contributed by atoms with van der Waals surface area (Å²) in [5, 5.41) is 3.31. The number of aromatic nitrogens is 3. The maximum absolute atomic E-state index is 12.8. The maximum Gasteiger partial charge on any atom is 0.433 e. The first-order chi connectivity index (χ1) is 10.3. The highest BCUT2D eigenvalue weighted by molar-refractivity contribution is 6.30. The van der Waals surface area contributed by atoms with Crippen molar-refractivity contribution in [2.24, 2.45) is 0 Å². The zero-order valence-electron chi connectivity index (χ0n) is 11.2. The summed E-state index contributed by atoms with van der Waals surface area (Å²) in [6.07, 6.45) is -4.67. The standard InChI is InChI=1S/C14H9ClF3N3O/c1-7-12(8-2-4-9(15)5-3-8)20-21-11(22)6-10(14(16,17)18)19-13(7)21/h2-6,20H,1H3. The summed E-state index contributed by atoms with van der Waals surface area (Å²) in [5.41, 5.74) is -0.417. The second-order valence-electron chi connectivity index (χ2n) is 4.76. The molecular weight excluding hydrogens is 319 g/mol. The summed E-state index contributed by atoms with van der Waals surface area (Å²) in [4.78, 5) is 15.4. The van der Waals surface area contributed by atoms with E-state index in [4.69, 9.17) is 11.6 Å². The van der Waals surface area contributed by atoms with Crippen LogP contribution in [0.25, 0.3) is 16.9 Å². The quantitative estimate of drug-likeness (QED) is 0.741. The summed E-state index contributed by atoms with van der Waals surface area (Å²) < 4.78 is 39.3. The van der Waals surface area contributed by atoms with Gasteiger partial charge in [0.05, 0.1) is 5.69 Å². The number of fused-ring (bicyclic) bond motifs is 1. The fourth-order valence-corrected chi connectivity index (χ4v) is 2.32. The molecule has 3 rings (SSSR count). The Kier molecular flexibility index (Phi) is 3.25. The van der Waals surface area contributed by atoms with Gasteiger partial charge in [-0.3, -0.25) is 9.89 Å². The molecule has 0 aliphatic rings. The molecule has 22 heavy (non-hydrogen) atoms. The maximum atomic E-state index is 12.8. The zero-order chi connectivity index (χ0) is 16.1. The van der Waals surface area contributed by atoms with Crippen molar-refractivity contribution in [1.82, 2.24) is 14.6 Å². The van der Waals surface area contributed by atoms with Crippen LogP contribution in [0, 0.1) is 6.92 Å². The first-order valence-electron chi connectivity index (χ1n) is 6.23. The molecule has 3 aromatic rings. The third-order valence-electron chi connectivity index (χ3n) is 3.28. The highest BCUT2D eigenvalue weighted by Gasteiger charge is 2.34. The number of hydrogen-bond donors (Lipinski definition) is 1. The van der Waals surface area contributed by atoms with E-state index in [2.05, 4.69) is 10.1 Å². The van der Waals surface area contributed by atoms with Crippen LogP contribution in [0.15, 0.2) is 35.1 Å². The van der Waals surface area contributed by atoms with Crippen molar-refractivity contribution in [2.75, 3.05) is 0 Å². The van der Waals surface area contributed by atoms with Crippen molar-refractivity contribution >= 4 is 17.2 Å². The van der Waals surface area contributed by atoms with Gasteiger partial charge in [-0.05, 0) is 24.6 Å². The van der Waals surface area contributed by atoms with Gasteiger partial charge in [0.15, 0.2) is 11.3 Å². The van der Waals surface area contributed by atoms with Gasteiger partial charge in [0, 0.05) is 16.7 Å². The van der Waals surface area contributed by atoms with E-state index in [9.17, 15) is 18.0 Å². The first kappa shape index (κ1) is 14.6. The second-order valence-corrected chi connectivity index (χ2v) is 5.19. The van der Waals surface area contributed by atoms with Gasteiger partial charge in [0.2, 0.25) is 0 Å². The molecule has 0 saturated carbocycles. The number of H-pyrrole nitrogens is 1. The van der Waals surface area contributed by atoms with Crippen molar-refractivity contribution in [3.8, 4) is 11.3 Å². The number of nitrogens with zero attached hydrogens (tertiary/aromatic N) is 2. The van der Waals surface area contributed by atoms with Crippen LogP contribution in [-0.2, 0) is 6.18 Å². The van der Waals surface area contributed by atoms with Crippen molar-refractivity contribution < 1.29 is 13.2 Å². The van der Waals surface area contributed by atoms with Crippen LogP contribution in [0.4, 0.5) is 13.2 Å². The molecule has 0 saturated heterocycles. The molecule has 0 spiro atoms. The average Bonchev–Trinajstić information content (AvgIpc) is 2.77. The van der Waals surface area contributed by atoms with Gasteiger partial charge in [-0.2, -0.15) is 13.2 Å². The van der Waals surface area contributed by atoms with Gasteiger partial charge in [-0.25, -0.2) is 9.50 Å². The Balaban J connectivity index is 2.27. The predicted octanol–water partition coefficient (Wildman–Crippen LogP) is 3.67. The van der Waals surface area contributed by atoms with Gasteiger partial charge in [-0.15, -0.1) is 0 Å². The van der Waals surface area contributed by atoms with Crippen LogP contribution in [0.3, 0.4) is 0 Å². The van der Waals surface area contributed by atoms with Gasteiger partial charge < -0.3 is 0 Å². The Morgan fingerprint density at radius 3 is 2.45 bits per heavy atom. The third-order valence-corrected chi connectivity index (χ3v) is 3.53. The molecule has 1 N–H and O–H groups in total. The summed E-state index contributed by atoms with van der Waals surface area (Å²) >= 11 is 5.81. The summed E-state index contributed by atoms with van der Waals surface area (Å²) in [6.45, 7) is 1.60. The van der Waals surface area contributed by atoms with E-state index in [-0.39, 0.29) is 5.65 Å². The molecule has 114 valence electrons. The topological polar surface area (TPSA) is 50.2 Å². The molecule has 0 aliphatic heterocycles. The molecule has 0 atom stereocenters. The van der Waals surface area contributed by atoms with E-state index >= 15 is 0 Å². The summed E-state index contributed by atoms with van der Waals surface area (Å²) in [6, 6.07) is 7.18. The number of alkyl halides is 3. The lowest BCUT2D eigenvalue weighted by atomic mass is 10.1. The fourth-order valence-electron chi connectivity index (χ4n) is 2.19. The largest absolute Gasteiger partial charge is 0.433 e. The van der Waals surface area contributed by atoms with E-state index in [1.54, 1.807) is 31.2 Å². The van der Waals surface area contributed by atoms with Crippen LogP contribution in [0.5, 0.6) is 0 Å². The molecule has 0 unspecified atom stereocenters. The number of benzene rings is 1. The van der Waals surface area contributed by atoms with Crippen LogP contribution in [-0.4, -0.2) is 14.6 Å². The van der Waals surface area contributed by atoms with Crippen LogP contribution >= 0.6 is 11.6 Å². The smallest absolute Gasteiger partial charge is 0.289 e. The molecule has 0 fully saturated rings. The number of aryl methyl sites for hydroxylation is 1. The SMILES string of the molecule is Cc1c(-c2ccc(Cl)cc2)[nH]n2c(=O)cc(C(F)(F)F)nc12. The number of hydrogen-bond acceptors (Lipinski definition) is 2. The zero-order valence-corrected chi connectivity index (χ0v) is 12.0. The van der Waals surface area contributed by atoms with Gasteiger partial charge in [-0.1, -0.05) is 23.7 Å². The predicted molar refractivity (Wildman–Crippen MR) is 76.0 cm³/mol. The Hall–Kier alpha value is -2.28. The lowest BCUT2D eigenvalue weighted by Gasteiger charge is -2.04. The summed E-state index contributed by atoms with van der Waals surface area (Å²) in [5.74, 6) is 0. The molecule has 1 aromatic carbocycles. The monoisotopic (exact) mass is 327 g/mol. The van der Waals surface area contributed by atoms with Crippen molar-refractivity contribution in [2.45, 2.75) is 13.1 Å². The first-order valence-corrected chi connectivity index (χ1v) is 6.60. The second kappa shape index (κ2) is 4.88. The van der Waals surface area contributed by atoms with E-state index in [0.29, 0.717) is 27.9 Å². The Morgan fingerprint density at radius 1 is 1.23 bits per heavy atom. The summed E-state index contributed by atoms with van der Waals surface area (Å²) in [7, 11) is 0. The highest BCUT2D eigenvalue weighted by atomic mass is 35.5. The van der Waals surface area contributed by atoms with Crippen LogP contribution < -0.4 is 5.56 Å². The Bertz CT molecular complexity index is 910. The molecule has 2 heterocycles. The van der Waals surface area contributed by atoms with E-state index < -0.39 is 17.4 Å². The minimum absolute atomic E-state index is 0.0511. The van der Waals surface area contributed by atoms with Crippen molar-refractivity contribution in [3.63, 3.8) is 0 Å².